The predicted molar refractivity (Wildman–Crippen MR) is 85.9 cm³/mol. The van der Waals surface area contributed by atoms with Crippen molar-refractivity contribution in [1.82, 2.24) is 0 Å². The van der Waals surface area contributed by atoms with Gasteiger partial charge in [0, 0.05) is 15.0 Å². The maximum Gasteiger partial charge on any atom is 0.248 e. The minimum atomic E-state index is -0.160. The van der Waals surface area contributed by atoms with E-state index in [1.54, 1.807) is 6.08 Å². The number of rotatable bonds is 3. The Hall–Kier alpha value is -1.39. The molecule has 4 heteroatoms. The Bertz CT molecular complexity index is 609. The Balaban J connectivity index is 2.04. The topological polar surface area (TPSA) is 29.1 Å². The smallest absolute Gasteiger partial charge is 0.248 e. The standard InChI is InChI=1S/C15H11Br2NO/c16-12-7-8-14(13(17)10-12)18-15(19)9-6-11-4-2-1-3-5-11/h1-10H,(H,18,19)/b9-6+. The first-order valence-corrected chi connectivity index (χ1v) is 7.23. The molecule has 2 nitrogen and oxygen atoms in total. The van der Waals surface area contributed by atoms with Crippen LogP contribution >= 0.6 is 31.9 Å². The second-order valence-electron chi connectivity index (χ2n) is 3.86. The van der Waals surface area contributed by atoms with Gasteiger partial charge in [-0.3, -0.25) is 4.79 Å². The molecule has 1 amide bonds. The number of carbonyl (C=O) groups excluding carboxylic acids is 1. The second-order valence-corrected chi connectivity index (χ2v) is 5.63. The van der Waals surface area contributed by atoms with E-state index in [9.17, 15) is 4.79 Å². The minimum absolute atomic E-state index is 0.160. The summed E-state index contributed by atoms with van der Waals surface area (Å²) in [6.45, 7) is 0. The summed E-state index contributed by atoms with van der Waals surface area (Å²) in [6, 6.07) is 15.3. The van der Waals surface area contributed by atoms with Crippen LogP contribution in [0.4, 0.5) is 5.69 Å². The number of hydrogen-bond acceptors (Lipinski definition) is 1. The summed E-state index contributed by atoms with van der Waals surface area (Å²) in [6.07, 6.45) is 3.30. The number of anilines is 1. The van der Waals surface area contributed by atoms with Crippen molar-refractivity contribution in [2.75, 3.05) is 5.32 Å². The molecule has 0 spiro atoms. The van der Waals surface area contributed by atoms with Crippen LogP contribution in [0.3, 0.4) is 0 Å². The molecular formula is C15H11Br2NO. The lowest BCUT2D eigenvalue weighted by Gasteiger charge is -2.05. The van der Waals surface area contributed by atoms with Gasteiger partial charge in [0.25, 0.3) is 0 Å². The highest BCUT2D eigenvalue weighted by Crippen LogP contribution is 2.26. The van der Waals surface area contributed by atoms with Crippen molar-refractivity contribution in [3.63, 3.8) is 0 Å². The van der Waals surface area contributed by atoms with E-state index in [1.807, 2.05) is 48.5 Å². The minimum Gasteiger partial charge on any atom is -0.321 e. The van der Waals surface area contributed by atoms with Crippen LogP contribution < -0.4 is 5.32 Å². The van der Waals surface area contributed by atoms with Gasteiger partial charge in [0.2, 0.25) is 5.91 Å². The number of hydrogen-bond donors (Lipinski definition) is 1. The number of benzene rings is 2. The maximum atomic E-state index is 11.8. The molecule has 0 bridgehead atoms. The highest BCUT2D eigenvalue weighted by molar-refractivity contribution is 9.11. The lowest BCUT2D eigenvalue weighted by molar-refractivity contribution is -0.111. The summed E-state index contributed by atoms with van der Waals surface area (Å²) in [5.74, 6) is -0.160. The van der Waals surface area contributed by atoms with E-state index in [4.69, 9.17) is 0 Å². The Labute approximate surface area is 128 Å². The first-order chi connectivity index (χ1) is 9.15. The van der Waals surface area contributed by atoms with Crippen LogP contribution in [0.2, 0.25) is 0 Å². The first-order valence-electron chi connectivity index (χ1n) is 5.64. The van der Waals surface area contributed by atoms with E-state index in [0.29, 0.717) is 0 Å². The van der Waals surface area contributed by atoms with E-state index in [-0.39, 0.29) is 5.91 Å². The van der Waals surface area contributed by atoms with Crippen molar-refractivity contribution >= 4 is 49.5 Å². The molecule has 2 aromatic rings. The van der Waals surface area contributed by atoms with Crippen molar-refractivity contribution in [2.45, 2.75) is 0 Å². The predicted octanol–water partition coefficient (Wildman–Crippen LogP) is 4.86. The maximum absolute atomic E-state index is 11.8. The van der Waals surface area contributed by atoms with Crippen LogP contribution in [-0.4, -0.2) is 5.91 Å². The van der Waals surface area contributed by atoms with E-state index in [1.165, 1.54) is 6.08 Å². The van der Waals surface area contributed by atoms with Crippen LogP contribution in [0.15, 0.2) is 63.6 Å². The van der Waals surface area contributed by atoms with Crippen molar-refractivity contribution in [2.24, 2.45) is 0 Å². The molecule has 0 atom stereocenters. The molecule has 0 heterocycles. The summed E-state index contributed by atoms with van der Waals surface area (Å²) in [5, 5.41) is 2.81. The summed E-state index contributed by atoms with van der Waals surface area (Å²) in [5.41, 5.74) is 1.73. The zero-order valence-electron chi connectivity index (χ0n) is 9.94. The van der Waals surface area contributed by atoms with Gasteiger partial charge < -0.3 is 5.32 Å². The van der Waals surface area contributed by atoms with Gasteiger partial charge >= 0.3 is 0 Å². The molecule has 96 valence electrons. The number of amides is 1. The molecule has 0 radical (unpaired) electrons. The fourth-order valence-electron chi connectivity index (χ4n) is 1.50. The summed E-state index contributed by atoms with van der Waals surface area (Å²) in [7, 11) is 0. The molecule has 0 unspecified atom stereocenters. The van der Waals surface area contributed by atoms with Gasteiger partial charge in [0.1, 0.15) is 0 Å². The normalized spacial score (nSPS) is 10.6. The van der Waals surface area contributed by atoms with E-state index < -0.39 is 0 Å². The zero-order chi connectivity index (χ0) is 13.7. The summed E-state index contributed by atoms with van der Waals surface area (Å²) >= 11 is 6.77. The Kier molecular flexibility index (Phi) is 4.93. The van der Waals surface area contributed by atoms with Crippen molar-refractivity contribution in [1.29, 1.82) is 0 Å². The molecule has 19 heavy (non-hydrogen) atoms. The lowest BCUT2D eigenvalue weighted by Crippen LogP contribution is -2.08. The second kappa shape index (κ2) is 6.68. The van der Waals surface area contributed by atoms with Gasteiger partial charge in [-0.05, 0) is 45.8 Å². The molecule has 0 aliphatic rings. The molecule has 2 rings (SSSR count). The monoisotopic (exact) mass is 379 g/mol. The van der Waals surface area contributed by atoms with Gasteiger partial charge in [0.05, 0.1) is 5.69 Å². The highest BCUT2D eigenvalue weighted by atomic mass is 79.9. The largest absolute Gasteiger partial charge is 0.321 e. The molecule has 0 fully saturated rings. The average molecular weight is 381 g/mol. The van der Waals surface area contributed by atoms with Crippen molar-refractivity contribution in [3.05, 3.63) is 69.1 Å². The van der Waals surface area contributed by atoms with Gasteiger partial charge in [-0.25, -0.2) is 0 Å². The molecule has 0 saturated heterocycles. The third kappa shape index (κ3) is 4.33. The Morgan fingerprint density at radius 1 is 1.05 bits per heavy atom. The summed E-state index contributed by atoms with van der Waals surface area (Å²) < 4.78 is 1.79. The highest BCUT2D eigenvalue weighted by Gasteiger charge is 2.03. The zero-order valence-corrected chi connectivity index (χ0v) is 13.1. The van der Waals surface area contributed by atoms with Gasteiger partial charge in [0.15, 0.2) is 0 Å². The van der Waals surface area contributed by atoms with Gasteiger partial charge in [-0.2, -0.15) is 0 Å². The van der Waals surface area contributed by atoms with Crippen LogP contribution in [-0.2, 0) is 4.79 Å². The molecule has 0 aliphatic carbocycles. The lowest BCUT2D eigenvalue weighted by atomic mass is 10.2. The summed E-state index contributed by atoms with van der Waals surface area (Å²) in [4.78, 5) is 11.8. The molecular weight excluding hydrogens is 370 g/mol. The number of halogens is 2. The first kappa shape index (κ1) is 14.0. The Morgan fingerprint density at radius 3 is 2.47 bits per heavy atom. The van der Waals surface area contributed by atoms with Gasteiger partial charge in [-0.1, -0.05) is 46.3 Å². The third-order valence-corrected chi connectivity index (χ3v) is 3.57. The number of carbonyl (C=O) groups is 1. The van der Waals surface area contributed by atoms with Crippen LogP contribution in [0, 0.1) is 0 Å². The fraction of sp³-hybridized carbons (Fsp3) is 0. The van der Waals surface area contributed by atoms with Crippen molar-refractivity contribution in [3.8, 4) is 0 Å². The van der Waals surface area contributed by atoms with Crippen molar-refractivity contribution < 1.29 is 4.79 Å². The Morgan fingerprint density at radius 2 is 1.79 bits per heavy atom. The van der Waals surface area contributed by atoms with E-state index >= 15 is 0 Å². The van der Waals surface area contributed by atoms with Gasteiger partial charge in [-0.15, -0.1) is 0 Å². The SMILES string of the molecule is O=C(/C=C/c1ccccc1)Nc1ccc(Br)cc1Br. The van der Waals surface area contributed by atoms with Crippen LogP contribution in [0.25, 0.3) is 6.08 Å². The molecule has 0 aromatic heterocycles. The van der Waals surface area contributed by atoms with Crippen LogP contribution in [0.5, 0.6) is 0 Å². The van der Waals surface area contributed by atoms with E-state index in [0.717, 1.165) is 20.2 Å². The molecule has 0 aliphatic heterocycles. The average Bonchev–Trinajstić information content (AvgIpc) is 2.41. The van der Waals surface area contributed by atoms with E-state index in [2.05, 4.69) is 37.2 Å². The molecule has 1 N–H and O–H groups in total. The quantitative estimate of drug-likeness (QED) is 0.756. The third-order valence-electron chi connectivity index (χ3n) is 2.42. The molecule has 2 aromatic carbocycles. The van der Waals surface area contributed by atoms with Crippen LogP contribution in [0.1, 0.15) is 5.56 Å². The fourth-order valence-corrected chi connectivity index (χ4v) is 2.65. The number of nitrogens with one attached hydrogen (secondary N) is 1. The molecule has 0 saturated carbocycles.